The molecule has 166 valence electrons. The van der Waals surface area contributed by atoms with Crippen molar-refractivity contribution in [3.05, 3.63) is 88.6 Å². The Morgan fingerprint density at radius 2 is 1.75 bits per heavy atom. The van der Waals surface area contributed by atoms with Crippen molar-refractivity contribution < 1.29 is 18.7 Å². The molecule has 0 radical (unpaired) electrons. The van der Waals surface area contributed by atoms with Gasteiger partial charge in [0.1, 0.15) is 11.6 Å². The predicted octanol–water partition coefficient (Wildman–Crippen LogP) is 5.46. The summed E-state index contributed by atoms with van der Waals surface area (Å²) in [5.41, 5.74) is 1.60. The van der Waals surface area contributed by atoms with Gasteiger partial charge in [-0.2, -0.15) is 0 Å². The Bertz CT molecular complexity index is 1060. The molecule has 0 saturated carbocycles. The molecule has 0 aromatic heterocycles. The van der Waals surface area contributed by atoms with Crippen molar-refractivity contribution in [2.24, 2.45) is 0 Å². The third-order valence-corrected chi connectivity index (χ3v) is 5.00. The number of carbonyl (C=O) groups excluding carboxylic acids is 2. The molecule has 0 aliphatic heterocycles. The highest BCUT2D eigenvalue weighted by Crippen LogP contribution is 2.19. The van der Waals surface area contributed by atoms with Gasteiger partial charge >= 0.3 is 6.03 Å². The molecule has 3 amide bonds. The summed E-state index contributed by atoms with van der Waals surface area (Å²) in [6, 6.07) is 19.2. The van der Waals surface area contributed by atoms with Gasteiger partial charge in [0.25, 0.3) is 5.91 Å². The van der Waals surface area contributed by atoms with Crippen molar-refractivity contribution >= 4 is 39.2 Å². The van der Waals surface area contributed by atoms with E-state index in [-0.39, 0.29) is 19.0 Å². The summed E-state index contributed by atoms with van der Waals surface area (Å²) in [6.07, 6.45) is 0. The number of halogens is 2. The average Bonchev–Trinajstić information content (AvgIpc) is 2.79. The maximum Gasteiger partial charge on any atom is 0.326 e. The molecular weight excluding hydrogens is 477 g/mol. The number of rotatable bonds is 8. The second-order valence-electron chi connectivity index (χ2n) is 6.78. The number of ether oxygens (including phenoxy) is 1. The lowest BCUT2D eigenvalue weighted by atomic mass is 10.2. The lowest BCUT2D eigenvalue weighted by Gasteiger charge is -2.23. The van der Waals surface area contributed by atoms with E-state index < -0.39 is 11.8 Å². The first kappa shape index (κ1) is 23.3. The van der Waals surface area contributed by atoms with Gasteiger partial charge in [-0.25, -0.2) is 9.18 Å². The van der Waals surface area contributed by atoms with E-state index in [1.807, 2.05) is 13.0 Å². The van der Waals surface area contributed by atoms with E-state index >= 15 is 0 Å². The molecule has 0 unspecified atom stereocenters. The van der Waals surface area contributed by atoms with Crippen molar-refractivity contribution in [2.45, 2.75) is 6.92 Å². The third kappa shape index (κ3) is 6.55. The molecule has 3 rings (SSSR count). The summed E-state index contributed by atoms with van der Waals surface area (Å²) in [7, 11) is 0. The second kappa shape index (κ2) is 11.3. The van der Waals surface area contributed by atoms with E-state index in [2.05, 4.69) is 26.6 Å². The molecule has 8 heteroatoms. The predicted molar refractivity (Wildman–Crippen MR) is 127 cm³/mol. The zero-order valence-electron chi connectivity index (χ0n) is 17.5. The minimum absolute atomic E-state index is 0.189. The number of carbonyl (C=O) groups is 2. The van der Waals surface area contributed by atoms with E-state index in [9.17, 15) is 14.0 Å². The molecule has 6 nitrogen and oxygen atoms in total. The van der Waals surface area contributed by atoms with Crippen molar-refractivity contribution in [3.8, 4) is 5.75 Å². The fourth-order valence-corrected chi connectivity index (χ4v) is 3.37. The van der Waals surface area contributed by atoms with E-state index in [4.69, 9.17) is 4.74 Å². The fraction of sp³-hybridized carbons (Fsp3) is 0.167. The SMILES string of the molecule is CCOc1ccc(NC(=O)N(CCNC(=O)c2cccc(Br)c2)c2ccc(F)cc2)cc1. The van der Waals surface area contributed by atoms with Gasteiger partial charge in [-0.15, -0.1) is 0 Å². The maximum absolute atomic E-state index is 13.4. The highest BCUT2D eigenvalue weighted by atomic mass is 79.9. The Morgan fingerprint density at radius 1 is 1.03 bits per heavy atom. The number of urea groups is 1. The van der Waals surface area contributed by atoms with E-state index in [1.165, 1.54) is 29.2 Å². The molecule has 2 N–H and O–H groups in total. The van der Waals surface area contributed by atoms with Gasteiger partial charge in [0.2, 0.25) is 0 Å². The van der Waals surface area contributed by atoms with Crippen LogP contribution < -0.4 is 20.3 Å². The van der Waals surface area contributed by atoms with Crippen molar-refractivity contribution in [1.82, 2.24) is 5.32 Å². The smallest absolute Gasteiger partial charge is 0.326 e. The molecule has 3 aromatic carbocycles. The summed E-state index contributed by atoms with van der Waals surface area (Å²) in [6.45, 7) is 2.84. The quantitative estimate of drug-likeness (QED) is 0.432. The summed E-state index contributed by atoms with van der Waals surface area (Å²) in [5, 5.41) is 5.63. The molecule has 0 heterocycles. The van der Waals surface area contributed by atoms with Gasteiger partial charge in [-0.05, 0) is 73.7 Å². The zero-order valence-corrected chi connectivity index (χ0v) is 19.1. The van der Waals surface area contributed by atoms with Crippen molar-refractivity contribution in [2.75, 3.05) is 29.9 Å². The summed E-state index contributed by atoms with van der Waals surface area (Å²) >= 11 is 3.34. The van der Waals surface area contributed by atoms with Gasteiger partial charge < -0.3 is 15.4 Å². The Morgan fingerprint density at radius 3 is 2.41 bits per heavy atom. The molecule has 0 saturated heterocycles. The van der Waals surface area contributed by atoms with Gasteiger partial charge in [0.15, 0.2) is 0 Å². The largest absolute Gasteiger partial charge is 0.494 e. The number of amides is 3. The van der Waals surface area contributed by atoms with Crippen LogP contribution in [0.1, 0.15) is 17.3 Å². The topological polar surface area (TPSA) is 70.7 Å². The monoisotopic (exact) mass is 499 g/mol. The molecule has 0 aliphatic rings. The Hall–Kier alpha value is -3.39. The van der Waals surface area contributed by atoms with E-state index in [0.29, 0.717) is 29.3 Å². The average molecular weight is 500 g/mol. The number of anilines is 2. The highest BCUT2D eigenvalue weighted by molar-refractivity contribution is 9.10. The van der Waals surface area contributed by atoms with Crippen molar-refractivity contribution in [3.63, 3.8) is 0 Å². The minimum atomic E-state index is -0.405. The van der Waals surface area contributed by atoms with Crippen LogP contribution in [0.4, 0.5) is 20.6 Å². The molecular formula is C24H23BrFN3O3. The second-order valence-corrected chi connectivity index (χ2v) is 7.70. The molecule has 0 spiro atoms. The summed E-state index contributed by atoms with van der Waals surface area (Å²) in [5.74, 6) is 0.0528. The number of nitrogens with zero attached hydrogens (tertiary/aromatic N) is 1. The van der Waals surface area contributed by atoms with Crippen LogP contribution in [-0.4, -0.2) is 31.6 Å². The lowest BCUT2D eigenvalue weighted by molar-refractivity contribution is 0.0954. The van der Waals surface area contributed by atoms with Gasteiger partial charge in [-0.3, -0.25) is 9.69 Å². The van der Waals surface area contributed by atoms with Crippen LogP contribution in [0, 0.1) is 5.82 Å². The van der Waals surface area contributed by atoms with Gasteiger partial charge in [-0.1, -0.05) is 22.0 Å². The number of benzene rings is 3. The molecule has 0 bridgehead atoms. The van der Waals surface area contributed by atoms with Crippen LogP contribution >= 0.6 is 15.9 Å². The lowest BCUT2D eigenvalue weighted by Crippen LogP contribution is -2.41. The first-order valence-corrected chi connectivity index (χ1v) is 10.9. The standard InChI is InChI=1S/C24H23BrFN3O3/c1-2-32-22-12-8-20(9-13-22)28-24(31)29(21-10-6-19(26)7-11-21)15-14-27-23(30)17-4-3-5-18(25)16-17/h3-13,16H,2,14-15H2,1H3,(H,27,30)(H,28,31). The Kier molecular flexibility index (Phi) is 8.21. The number of nitrogens with one attached hydrogen (secondary N) is 2. The van der Waals surface area contributed by atoms with Gasteiger partial charge in [0.05, 0.1) is 6.61 Å². The van der Waals surface area contributed by atoms with Crippen LogP contribution in [0.3, 0.4) is 0 Å². The Labute approximate surface area is 194 Å². The van der Waals surface area contributed by atoms with Crippen molar-refractivity contribution in [1.29, 1.82) is 0 Å². The summed E-state index contributed by atoms with van der Waals surface area (Å²) < 4.78 is 19.6. The molecule has 32 heavy (non-hydrogen) atoms. The maximum atomic E-state index is 13.4. The molecule has 0 atom stereocenters. The molecule has 3 aromatic rings. The van der Waals surface area contributed by atoms with Crippen LogP contribution in [0.15, 0.2) is 77.3 Å². The highest BCUT2D eigenvalue weighted by Gasteiger charge is 2.17. The van der Waals surface area contributed by atoms with Crippen LogP contribution in [0.5, 0.6) is 5.75 Å². The third-order valence-electron chi connectivity index (χ3n) is 4.51. The number of hydrogen-bond donors (Lipinski definition) is 2. The fourth-order valence-electron chi connectivity index (χ4n) is 2.97. The van der Waals surface area contributed by atoms with Crippen LogP contribution in [-0.2, 0) is 0 Å². The normalized spacial score (nSPS) is 10.3. The minimum Gasteiger partial charge on any atom is -0.494 e. The first-order valence-electron chi connectivity index (χ1n) is 10.1. The first-order chi connectivity index (χ1) is 15.5. The zero-order chi connectivity index (χ0) is 22.9. The van der Waals surface area contributed by atoms with Crippen LogP contribution in [0.2, 0.25) is 0 Å². The molecule has 0 fully saturated rings. The van der Waals surface area contributed by atoms with Crippen LogP contribution in [0.25, 0.3) is 0 Å². The molecule has 0 aliphatic carbocycles. The van der Waals surface area contributed by atoms with E-state index in [1.54, 1.807) is 42.5 Å². The summed E-state index contributed by atoms with van der Waals surface area (Å²) in [4.78, 5) is 26.8. The number of hydrogen-bond acceptors (Lipinski definition) is 3. The Balaban J connectivity index is 1.68. The van der Waals surface area contributed by atoms with E-state index in [0.717, 1.165) is 4.47 Å². The van der Waals surface area contributed by atoms with Gasteiger partial charge in [0, 0.05) is 34.5 Å².